The molecule has 7 heteroatoms. The molecule has 2 rings (SSSR count). The molecule has 22 heavy (non-hydrogen) atoms. The van der Waals surface area contributed by atoms with E-state index in [9.17, 15) is 14.7 Å². The summed E-state index contributed by atoms with van der Waals surface area (Å²) in [5.41, 5.74) is 2.60. The van der Waals surface area contributed by atoms with Gasteiger partial charge in [0.05, 0.1) is 17.7 Å². The summed E-state index contributed by atoms with van der Waals surface area (Å²) >= 11 is 0. The first-order valence-electron chi connectivity index (χ1n) is 7.34. The van der Waals surface area contributed by atoms with Crippen LogP contribution in [0.5, 0.6) is 0 Å². The van der Waals surface area contributed by atoms with E-state index in [0.717, 1.165) is 17.0 Å². The first-order valence-corrected chi connectivity index (χ1v) is 7.34. The van der Waals surface area contributed by atoms with Gasteiger partial charge in [0.25, 0.3) is 0 Å². The van der Waals surface area contributed by atoms with Crippen molar-refractivity contribution in [2.75, 3.05) is 13.7 Å². The highest BCUT2D eigenvalue weighted by Crippen LogP contribution is 2.29. The molecule has 1 aliphatic rings. The van der Waals surface area contributed by atoms with Crippen LogP contribution in [0, 0.1) is 13.8 Å². The lowest BCUT2D eigenvalue weighted by molar-refractivity contribution is -0.148. The second kappa shape index (κ2) is 6.08. The number of rotatable bonds is 4. The molecule has 1 amide bonds. The van der Waals surface area contributed by atoms with Gasteiger partial charge in [-0.1, -0.05) is 0 Å². The van der Waals surface area contributed by atoms with Gasteiger partial charge in [-0.05, 0) is 20.8 Å². The molecule has 1 fully saturated rings. The Morgan fingerprint density at radius 3 is 2.50 bits per heavy atom. The lowest BCUT2D eigenvalue weighted by Gasteiger charge is -2.25. The Labute approximate surface area is 129 Å². The number of nitrogens with zero attached hydrogens (tertiary/aromatic N) is 3. The summed E-state index contributed by atoms with van der Waals surface area (Å²) < 4.78 is 6.98. The predicted molar refractivity (Wildman–Crippen MR) is 79.6 cm³/mol. The first-order chi connectivity index (χ1) is 10.3. The van der Waals surface area contributed by atoms with Gasteiger partial charge < -0.3 is 14.7 Å². The number of ether oxygens (including phenoxy) is 1. The molecule has 0 radical (unpaired) electrons. The van der Waals surface area contributed by atoms with E-state index < -0.39 is 17.9 Å². The molecular formula is C15H23N3O4. The van der Waals surface area contributed by atoms with Gasteiger partial charge in [-0.25, -0.2) is 4.79 Å². The predicted octanol–water partition coefficient (Wildman–Crippen LogP) is 0.841. The molecule has 3 unspecified atom stereocenters. The van der Waals surface area contributed by atoms with Crippen molar-refractivity contribution in [2.24, 2.45) is 7.05 Å². The number of aliphatic carboxylic acids is 1. The van der Waals surface area contributed by atoms with Crippen LogP contribution < -0.4 is 0 Å². The van der Waals surface area contributed by atoms with Gasteiger partial charge in [0, 0.05) is 38.4 Å². The molecule has 1 aliphatic heterocycles. The fraction of sp³-hybridized carbons (Fsp3) is 0.667. The molecule has 1 N–H and O–H groups in total. The van der Waals surface area contributed by atoms with Crippen LogP contribution in [-0.2, 0) is 21.4 Å². The Hall–Kier alpha value is -1.89. The number of hydrogen-bond acceptors (Lipinski definition) is 4. The van der Waals surface area contributed by atoms with Crippen LogP contribution in [-0.4, -0.2) is 57.5 Å². The number of carbonyl (C=O) groups is 2. The topological polar surface area (TPSA) is 84.7 Å². The molecule has 3 atom stereocenters. The van der Waals surface area contributed by atoms with Gasteiger partial charge in [0.15, 0.2) is 0 Å². The lowest BCUT2D eigenvalue weighted by atomic mass is 9.97. The van der Waals surface area contributed by atoms with Crippen LogP contribution >= 0.6 is 0 Å². The first kappa shape index (κ1) is 16.5. The van der Waals surface area contributed by atoms with Crippen molar-refractivity contribution in [2.45, 2.75) is 45.3 Å². The Bertz CT molecular complexity index is 596. The number of aromatic nitrogens is 2. The second-order valence-electron chi connectivity index (χ2n) is 5.87. The Kier molecular flexibility index (Phi) is 4.55. The van der Waals surface area contributed by atoms with Crippen LogP contribution in [0.2, 0.25) is 0 Å². The third-order valence-corrected chi connectivity index (χ3v) is 4.53. The molecule has 0 spiro atoms. The van der Waals surface area contributed by atoms with E-state index in [2.05, 4.69) is 5.10 Å². The number of methoxy groups -OCH3 is 1. The zero-order valence-corrected chi connectivity index (χ0v) is 13.7. The average Bonchev–Trinajstić information content (AvgIpc) is 3.00. The minimum Gasteiger partial charge on any atom is -0.480 e. The molecular weight excluding hydrogens is 286 g/mol. The molecule has 122 valence electrons. The maximum absolute atomic E-state index is 12.8. The fourth-order valence-corrected chi connectivity index (χ4v) is 3.23. The molecule has 7 nitrogen and oxygen atoms in total. The number of aryl methyl sites for hydroxylation is 2. The third-order valence-electron chi connectivity index (χ3n) is 4.53. The van der Waals surface area contributed by atoms with E-state index in [4.69, 9.17) is 4.74 Å². The summed E-state index contributed by atoms with van der Waals surface area (Å²) in [7, 11) is 3.37. The quantitative estimate of drug-likeness (QED) is 0.891. The van der Waals surface area contributed by atoms with Crippen LogP contribution in [0.4, 0.5) is 0 Å². The monoisotopic (exact) mass is 309 g/mol. The van der Waals surface area contributed by atoms with Crippen LogP contribution in [0.1, 0.15) is 36.2 Å². The van der Waals surface area contributed by atoms with Gasteiger partial charge in [-0.2, -0.15) is 5.10 Å². The van der Waals surface area contributed by atoms with E-state index in [0.29, 0.717) is 13.0 Å². The second-order valence-corrected chi connectivity index (χ2v) is 5.87. The standard InChI is InChI=1S/C15H23N3O4/c1-8(13-9(2)16-17(4)10(13)3)14(19)18-7-11(22-5)6-12(18)15(20)21/h8,11-12H,6-7H2,1-5H3,(H,20,21). The highest BCUT2D eigenvalue weighted by molar-refractivity contribution is 5.89. The molecule has 0 bridgehead atoms. The van der Waals surface area contributed by atoms with E-state index in [1.807, 2.05) is 20.9 Å². The average molecular weight is 309 g/mol. The molecule has 0 aromatic carbocycles. The van der Waals surface area contributed by atoms with Crippen LogP contribution in [0.25, 0.3) is 0 Å². The van der Waals surface area contributed by atoms with E-state index in [1.165, 1.54) is 12.0 Å². The van der Waals surface area contributed by atoms with E-state index in [1.54, 1.807) is 11.6 Å². The highest BCUT2D eigenvalue weighted by Gasteiger charge is 2.41. The third kappa shape index (κ3) is 2.72. The minimum absolute atomic E-state index is 0.189. The minimum atomic E-state index is -0.986. The van der Waals surface area contributed by atoms with Crippen LogP contribution in [0.15, 0.2) is 0 Å². The summed E-state index contributed by atoms with van der Waals surface area (Å²) in [6, 6.07) is -0.822. The van der Waals surface area contributed by atoms with Crippen molar-refractivity contribution in [3.63, 3.8) is 0 Å². The molecule has 2 heterocycles. The van der Waals surface area contributed by atoms with Crippen molar-refractivity contribution >= 4 is 11.9 Å². The van der Waals surface area contributed by atoms with Crippen molar-refractivity contribution in [1.82, 2.24) is 14.7 Å². The number of likely N-dealkylation sites (tertiary alicyclic amines) is 1. The summed E-state index contributed by atoms with van der Waals surface area (Å²) in [5, 5.41) is 13.7. The normalized spacial score (nSPS) is 22.9. The van der Waals surface area contributed by atoms with Gasteiger partial charge in [-0.3, -0.25) is 9.48 Å². The number of carboxylic acid groups (broad SMARTS) is 1. The molecule has 0 saturated carbocycles. The summed E-state index contributed by atoms with van der Waals surface area (Å²) in [5.74, 6) is -1.60. The zero-order chi connectivity index (χ0) is 16.6. The maximum atomic E-state index is 12.8. The fourth-order valence-electron chi connectivity index (χ4n) is 3.23. The van der Waals surface area contributed by atoms with E-state index >= 15 is 0 Å². The number of carbonyl (C=O) groups excluding carboxylic acids is 1. The maximum Gasteiger partial charge on any atom is 0.326 e. The molecule has 1 saturated heterocycles. The molecule has 1 aromatic rings. The zero-order valence-electron chi connectivity index (χ0n) is 13.7. The number of carboxylic acids is 1. The smallest absolute Gasteiger partial charge is 0.326 e. The van der Waals surface area contributed by atoms with Gasteiger partial charge in [0.2, 0.25) is 5.91 Å². The van der Waals surface area contributed by atoms with Crippen molar-refractivity contribution in [3.8, 4) is 0 Å². The summed E-state index contributed by atoms with van der Waals surface area (Å²) in [6.45, 7) is 5.89. The summed E-state index contributed by atoms with van der Waals surface area (Å²) in [4.78, 5) is 25.6. The summed E-state index contributed by atoms with van der Waals surface area (Å²) in [6.07, 6.45) is 0.100. The largest absolute Gasteiger partial charge is 0.480 e. The van der Waals surface area contributed by atoms with Crippen molar-refractivity contribution < 1.29 is 19.4 Å². The highest BCUT2D eigenvalue weighted by atomic mass is 16.5. The molecule has 1 aromatic heterocycles. The lowest BCUT2D eigenvalue weighted by Crippen LogP contribution is -2.42. The van der Waals surface area contributed by atoms with Gasteiger partial charge in [0.1, 0.15) is 6.04 Å². The van der Waals surface area contributed by atoms with Crippen LogP contribution in [0.3, 0.4) is 0 Å². The Morgan fingerprint density at radius 2 is 2.05 bits per heavy atom. The van der Waals surface area contributed by atoms with Gasteiger partial charge >= 0.3 is 5.97 Å². The Morgan fingerprint density at radius 1 is 1.41 bits per heavy atom. The van der Waals surface area contributed by atoms with Crippen molar-refractivity contribution in [1.29, 1.82) is 0 Å². The van der Waals surface area contributed by atoms with E-state index in [-0.39, 0.29) is 12.0 Å². The van der Waals surface area contributed by atoms with Crippen molar-refractivity contribution in [3.05, 3.63) is 17.0 Å². The molecule has 0 aliphatic carbocycles. The number of amides is 1. The Balaban J connectivity index is 2.28. The number of hydrogen-bond donors (Lipinski definition) is 1. The van der Waals surface area contributed by atoms with Gasteiger partial charge in [-0.15, -0.1) is 0 Å². The SMILES string of the molecule is COC1CC(C(=O)O)N(C(=O)C(C)c2c(C)nn(C)c2C)C1.